The van der Waals surface area contributed by atoms with Crippen LogP contribution in [0.15, 0.2) is 55.0 Å². The van der Waals surface area contributed by atoms with Gasteiger partial charge >= 0.3 is 0 Å². The van der Waals surface area contributed by atoms with Gasteiger partial charge in [-0.2, -0.15) is 0 Å². The molecule has 31 heavy (non-hydrogen) atoms. The van der Waals surface area contributed by atoms with E-state index in [9.17, 15) is 0 Å². The molecule has 1 saturated heterocycles. The van der Waals surface area contributed by atoms with E-state index in [1.54, 1.807) is 12.4 Å². The number of nitrogens with zero attached hydrogens (tertiary/aromatic N) is 5. The molecule has 0 aliphatic carbocycles. The summed E-state index contributed by atoms with van der Waals surface area (Å²) >= 11 is 0. The molecule has 1 aromatic carbocycles. The maximum absolute atomic E-state index is 5.91. The lowest BCUT2D eigenvalue weighted by atomic mass is 10.2. The second-order valence-corrected chi connectivity index (χ2v) is 6.79. The SMILES string of the molecule is Cl.Cl.Cl.O.c1cnc(N2CCN(CCCCOc3ccc4ncccc4c3)CC2)nc1. The van der Waals surface area contributed by atoms with Gasteiger partial charge in [-0.3, -0.25) is 9.88 Å². The third kappa shape index (κ3) is 8.27. The summed E-state index contributed by atoms with van der Waals surface area (Å²) in [6.07, 6.45) is 7.64. The Kier molecular flexibility index (Phi) is 14.1. The fourth-order valence-corrected chi connectivity index (χ4v) is 3.40. The van der Waals surface area contributed by atoms with Crippen LogP contribution < -0.4 is 9.64 Å². The number of hydrogen-bond donors (Lipinski definition) is 0. The van der Waals surface area contributed by atoms with Crippen molar-refractivity contribution in [2.24, 2.45) is 0 Å². The van der Waals surface area contributed by atoms with Crippen LogP contribution in [0.25, 0.3) is 10.9 Å². The molecule has 3 heterocycles. The highest BCUT2D eigenvalue weighted by Gasteiger charge is 2.18. The molecule has 0 unspecified atom stereocenters. The van der Waals surface area contributed by atoms with E-state index in [-0.39, 0.29) is 42.7 Å². The van der Waals surface area contributed by atoms with Crippen molar-refractivity contribution in [2.75, 3.05) is 44.2 Å². The zero-order chi connectivity index (χ0) is 18.3. The predicted molar refractivity (Wildman–Crippen MR) is 133 cm³/mol. The van der Waals surface area contributed by atoms with Gasteiger partial charge in [-0.05, 0) is 49.7 Å². The van der Waals surface area contributed by atoms with E-state index in [0.29, 0.717) is 0 Å². The maximum Gasteiger partial charge on any atom is 0.225 e. The van der Waals surface area contributed by atoms with E-state index in [4.69, 9.17) is 4.74 Å². The number of benzene rings is 1. The standard InChI is InChI=1S/C21H25N5O.3ClH.H2O/c1(2-16-27-19-6-7-20-18(17-19)5-3-8-22-20)11-25-12-14-26(15-13-25)21-23-9-4-10-24-21;;;;/h3-10,17H,1-2,11-16H2;3*1H;1H2. The van der Waals surface area contributed by atoms with Crippen molar-refractivity contribution in [3.63, 3.8) is 0 Å². The zero-order valence-electron chi connectivity index (χ0n) is 17.2. The van der Waals surface area contributed by atoms with Gasteiger partial charge < -0.3 is 15.1 Å². The number of rotatable bonds is 7. The van der Waals surface area contributed by atoms with Gasteiger partial charge in [0.2, 0.25) is 5.95 Å². The molecule has 0 radical (unpaired) electrons. The number of hydrogen-bond acceptors (Lipinski definition) is 6. The number of aromatic nitrogens is 3. The fourth-order valence-electron chi connectivity index (χ4n) is 3.40. The maximum atomic E-state index is 5.91. The van der Waals surface area contributed by atoms with E-state index in [0.717, 1.165) is 74.8 Å². The van der Waals surface area contributed by atoms with Crippen LogP contribution in [-0.4, -0.2) is 64.7 Å². The van der Waals surface area contributed by atoms with Crippen LogP contribution in [0, 0.1) is 0 Å². The van der Waals surface area contributed by atoms with Crippen LogP contribution >= 0.6 is 37.2 Å². The smallest absolute Gasteiger partial charge is 0.225 e. The lowest BCUT2D eigenvalue weighted by molar-refractivity contribution is 0.238. The summed E-state index contributed by atoms with van der Waals surface area (Å²) in [5.41, 5.74) is 1.00. The number of anilines is 1. The van der Waals surface area contributed by atoms with Gasteiger partial charge in [0.25, 0.3) is 0 Å². The van der Waals surface area contributed by atoms with Crippen molar-refractivity contribution in [1.29, 1.82) is 0 Å². The second-order valence-electron chi connectivity index (χ2n) is 6.79. The third-order valence-corrected chi connectivity index (χ3v) is 4.92. The van der Waals surface area contributed by atoms with Crippen molar-refractivity contribution in [2.45, 2.75) is 12.8 Å². The number of piperazine rings is 1. The Morgan fingerprint density at radius 1 is 0.806 bits per heavy atom. The number of halogens is 3. The van der Waals surface area contributed by atoms with Crippen LogP contribution in [0.1, 0.15) is 12.8 Å². The third-order valence-electron chi connectivity index (χ3n) is 4.92. The molecule has 4 rings (SSSR count). The summed E-state index contributed by atoms with van der Waals surface area (Å²) in [6, 6.07) is 12.0. The molecule has 1 aliphatic rings. The van der Waals surface area contributed by atoms with Crippen molar-refractivity contribution >= 4 is 54.1 Å². The molecule has 0 saturated carbocycles. The average molecular weight is 491 g/mol. The van der Waals surface area contributed by atoms with Crippen molar-refractivity contribution in [3.8, 4) is 5.75 Å². The molecule has 2 aromatic heterocycles. The summed E-state index contributed by atoms with van der Waals surface area (Å²) in [5, 5.41) is 1.12. The van der Waals surface area contributed by atoms with Crippen LogP contribution in [0.3, 0.4) is 0 Å². The molecule has 0 atom stereocenters. The molecule has 10 heteroatoms. The highest BCUT2D eigenvalue weighted by Crippen LogP contribution is 2.19. The molecule has 0 amide bonds. The molecule has 2 N–H and O–H groups in total. The lowest BCUT2D eigenvalue weighted by Gasteiger charge is -2.34. The molecule has 0 bridgehead atoms. The van der Waals surface area contributed by atoms with Crippen LogP contribution in [0.4, 0.5) is 5.95 Å². The first-order valence-corrected chi connectivity index (χ1v) is 9.60. The molecule has 0 spiro atoms. The molecule has 3 aromatic rings. The van der Waals surface area contributed by atoms with E-state index < -0.39 is 0 Å². The quantitative estimate of drug-likeness (QED) is 0.472. The first-order chi connectivity index (χ1) is 13.4. The summed E-state index contributed by atoms with van der Waals surface area (Å²) in [6.45, 7) is 5.99. The number of fused-ring (bicyclic) bond motifs is 1. The molecule has 7 nitrogen and oxygen atoms in total. The second kappa shape index (κ2) is 15.0. The molecule has 1 fully saturated rings. The summed E-state index contributed by atoms with van der Waals surface area (Å²) in [7, 11) is 0. The van der Waals surface area contributed by atoms with Crippen LogP contribution in [-0.2, 0) is 0 Å². The van der Waals surface area contributed by atoms with Gasteiger partial charge in [-0.15, -0.1) is 37.2 Å². The number of ether oxygens (including phenoxy) is 1. The number of unbranched alkanes of at least 4 members (excludes halogenated alkanes) is 1. The highest BCUT2D eigenvalue weighted by atomic mass is 35.5. The summed E-state index contributed by atoms with van der Waals surface area (Å²) in [4.78, 5) is 17.8. The first kappa shape index (κ1) is 29.1. The molecular formula is C21H30Cl3N5O2. The van der Waals surface area contributed by atoms with E-state index >= 15 is 0 Å². The predicted octanol–water partition coefficient (Wildman–Crippen LogP) is 3.45. The van der Waals surface area contributed by atoms with Crippen LogP contribution in [0.2, 0.25) is 0 Å². The minimum Gasteiger partial charge on any atom is -0.494 e. The fraction of sp³-hybridized carbons (Fsp3) is 0.381. The van der Waals surface area contributed by atoms with Gasteiger partial charge in [-0.25, -0.2) is 9.97 Å². The monoisotopic (exact) mass is 489 g/mol. The highest BCUT2D eigenvalue weighted by molar-refractivity contribution is 5.86. The number of pyridine rings is 1. The Bertz CT molecular complexity index is 868. The summed E-state index contributed by atoms with van der Waals surface area (Å²) in [5.74, 6) is 1.77. The first-order valence-electron chi connectivity index (χ1n) is 9.60. The Hall–Kier alpha value is -1.90. The average Bonchev–Trinajstić information content (AvgIpc) is 2.74. The van der Waals surface area contributed by atoms with Gasteiger partial charge in [-0.1, -0.05) is 6.07 Å². The van der Waals surface area contributed by atoms with Crippen LogP contribution in [0.5, 0.6) is 5.75 Å². The lowest BCUT2D eigenvalue weighted by Crippen LogP contribution is -2.47. The normalized spacial score (nSPS) is 13.2. The minimum atomic E-state index is 0. The topological polar surface area (TPSA) is 85.9 Å². The van der Waals surface area contributed by atoms with E-state index in [2.05, 4.69) is 36.9 Å². The van der Waals surface area contributed by atoms with Gasteiger partial charge in [0.05, 0.1) is 12.1 Å². The Morgan fingerprint density at radius 3 is 2.26 bits per heavy atom. The Labute approximate surface area is 201 Å². The van der Waals surface area contributed by atoms with Gasteiger partial charge in [0.15, 0.2) is 0 Å². The molecule has 1 aliphatic heterocycles. The van der Waals surface area contributed by atoms with Crippen molar-refractivity contribution in [1.82, 2.24) is 19.9 Å². The Morgan fingerprint density at radius 2 is 1.52 bits per heavy atom. The van der Waals surface area contributed by atoms with E-state index in [1.165, 1.54) is 0 Å². The summed E-state index contributed by atoms with van der Waals surface area (Å²) < 4.78 is 5.91. The van der Waals surface area contributed by atoms with E-state index in [1.807, 2.05) is 30.5 Å². The van der Waals surface area contributed by atoms with Crippen molar-refractivity contribution in [3.05, 3.63) is 55.0 Å². The molecular weight excluding hydrogens is 461 g/mol. The van der Waals surface area contributed by atoms with Gasteiger partial charge in [0.1, 0.15) is 5.75 Å². The Balaban J connectivity index is 0.00000225. The largest absolute Gasteiger partial charge is 0.494 e. The zero-order valence-corrected chi connectivity index (χ0v) is 19.7. The van der Waals surface area contributed by atoms with Gasteiger partial charge in [0, 0.05) is 50.2 Å². The minimum absolute atomic E-state index is 0. The molecule has 172 valence electrons. The van der Waals surface area contributed by atoms with Crippen molar-refractivity contribution < 1.29 is 10.2 Å².